The van der Waals surface area contributed by atoms with Crippen LogP contribution in [0.15, 0.2) is 46.9 Å². The van der Waals surface area contributed by atoms with Gasteiger partial charge < -0.3 is 14.5 Å². The minimum atomic E-state index is -0.397. The zero-order valence-corrected chi connectivity index (χ0v) is 15.2. The first kappa shape index (κ1) is 18.0. The Hall–Kier alpha value is -2.79. The van der Waals surface area contributed by atoms with E-state index in [0.717, 1.165) is 5.39 Å². The van der Waals surface area contributed by atoms with Gasteiger partial charge in [-0.1, -0.05) is 41.9 Å². The number of halogens is 1. The van der Waals surface area contributed by atoms with Crippen molar-refractivity contribution < 1.29 is 18.7 Å². The Balaban J connectivity index is 1.88. The van der Waals surface area contributed by atoms with E-state index < -0.39 is 5.91 Å². The number of furan rings is 1. The Morgan fingerprint density at radius 2 is 1.92 bits per heavy atom. The van der Waals surface area contributed by atoms with Gasteiger partial charge >= 0.3 is 5.97 Å². The number of anilines is 1. The van der Waals surface area contributed by atoms with Crippen molar-refractivity contribution in [3.8, 4) is 0 Å². The first-order valence-electron chi connectivity index (χ1n) is 8.23. The zero-order chi connectivity index (χ0) is 18.7. The number of aryl methyl sites for hydroxylation is 1. The maximum Gasteiger partial charge on any atom is 0.310 e. The molecule has 0 aliphatic carbocycles. The molecule has 6 heteroatoms. The molecular weight excluding hydrogens is 354 g/mol. The largest absolute Gasteiger partial charge is 0.466 e. The number of hydrogen-bond donors (Lipinski definition) is 1. The molecule has 2 aromatic carbocycles. The van der Waals surface area contributed by atoms with E-state index in [1.165, 1.54) is 0 Å². The van der Waals surface area contributed by atoms with Crippen LogP contribution in [0.4, 0.5) is 5.69 Å². The van der Waals surface area contributed by atoms with E-state index >= 15 is 0 Å². The van der Waals surface area contributed by atoms with E-state index in [9.17, 15) is 9.59 Å². The minimum absolute atomic E-state index is 0.0786. The third-order valence-electron chi connectivity index (χ3n) is 4.03. The normalized spacial score (nSPS) is 10.7. The summed E-state index contributed by atoms with van der Waals surface area (Å²) in [4.78, 5) is 24.5. The number of benzene rings is 2. The molecule has 0 bridgehead atoms. The van der Waals surface area contributed by atoms with Gasteiger partial charge in [0.05, 0.1) is 18.1 Å². The van der Waals surface area contributed by atoms with Crippen molar-refractivity contribution >= 4 is 40.1 Å². The number of amides is 1. The number of carbonyl (C=O) groups excluding carboxylic acids is 2. The lowest BCUT2D eigenvalue weighted by molar-refractivity contribution is -0.142. The highest BCUT2D eigenvalue weighted by atomic mass is 35.5. The van der Waals surface area contributed by atoms with Crippen LogP contribution in [-0.2, 0) is 16.0 Å². The van der Waals surface area contributed by atoms with E-state index in [-0.39, 0.29) is 18.2 Å². The molecule has 0 saturated heterocycles. The summed E-state index contributed by atoms with van der Waals surface area (Å²) in [5, 5.41) is 4.06. The first-order chi connectivity index (χ1) is 12.5. The van der Waals surface area contributed by atoms with Gasteiger partial charge in [0.2, 0.25) is 0 Å². The molecule has 1 amide bonds. The fourth-order valence-corrected chi connectivity index (χ4v) is 2.98. The highest BCUT2D eigenvalue weighted by Gasteiger charge is 2.20. The molecule has 0 fully saturated rings. The number of carbonyl (C=O) groups is 2. The van der Waals surface area contributed by atoms with Gasteiger partial charge in [0.15, 0.2) is 11.3 Å². The minimum Gasteiger partial charge on any atom is -0.466 e. The third-order valence-corrected chi connectivity index (χ3v) is 4.33. The molecule has 1 N–H and O–H groups in total. The van der Waals surface area contributed by atoms with E-state index in [0.29, 0.717) is 34.0 Å². The molecule has 134 valence electrons. The van der Waals surface area contributed by atoms with Crippen LogP contribution in [0.25, 0.3) is 11.0 Å². The number of ether oxygens (including phenoxy) is 1. The van der Waals surface area contributed by atoms with Crippen molar-refractivity contribution in [1.29, 1.82) is 0 Å². The SMILES string of the molecule is CCOC(=O)Cc1ccccc1NC(=O)c1oc2c(Cl)cccc2c1C. The zero-order valence-electron chi connectivity index (χ0n) is 14.5. The van der Waals surface area contributed by atoms with Crippen LogP contribution in [-0.4, -0.2) is 18.5 Å². The molecule has 0 aliphatic rings. The van der Waals surface area contributed by atoms with Gasteiger partial charge in [-0.15, -0.1) is 0 Å². The molecule has 3 rings (SSSR count). The number of para-hydroxylation sites is 2. The number of hydrogen-bond acceptors (Lipinski definition) is 4. The van der Waals surface area contributed by atoms with Crippen LogP contribution >= 0.6 is 11.6 Å². The van der Waals surface area contributed by atoms with Crippen LogP contribution in [0.5, 0.6) is 0 Å². The molecule has 0 unspecified atom stereocenters. The lowest BCUT2D eigenvalue weighted by atomic mass is 10.1. The molecule has 3 aromatic rings. The fraction of sp³-hybridized carbons (Fsp3) is 0.200. The van der Waals surface area contributed by atoms with E-state index in [1.807, 2.05) is 19.1 Å². The molecule has 0 aliphatic heterocycles. The van der Waals surface area contributed by atoms with Crippen molar-refractivity contribution in [2.24, 2.45) is 0 Å². The Labute approximate surface area is 155 Å². The van der Waals surface area contributed by atoms with Crippen molar-refractivity contribution in [1.82, 2.24) is 0 Å². The Morgan fingerprint density at radius 1 is 1.15 bits per heavy atom. The van der Waals surface area contributed by atoms with Gasteiger partial charge in [-0.05, 0) is 31.5 Å². The second-order valence-electron chi connectivity index (χ2n) is 5.77. The maximum atomic E-state index is 12.7. The highest BCUT2D eigenvalue weighted by molar-refractivity contribution is 6.35. The van der Waals surface area contributed by atoms with Crippen LogP contribution in [0.1, 0.15) is 28.6 Å². The van der Waals surface area contributed by atoms with Gasteiger partial charge in [0.25, 0.3) is 5.91 Å². The maximum absolute atomic E-state index is 12.7. The van der Waals surface area contributed by atoms with Gasteiger partial charge in [-0.3, -0.25) is 9.59 Å². The predicted molar refractivity (Wildman–Crippen MR) is 101 cm³/mol. The highest BCUT2D eigenvalue weighted by Crippen LogP contribution is 2.31. The van der Waals surface area contributed by atoms with Gasteiger partial charge in [0, 0.05) is 16.6 Å². The van der Waals surface area contributed by atoms with Crippen LogP contribution in [0.2, 0.25) is 5.02 Å². The summed E-state index contributed by atoms with van der Waals surface area (Å²) in [5.41, 5.74) is 2.40. The Bertz CT molecular complexity index is 977. The first-order valence-corrected chi connectivity index (χ1v) is 8.61. The standard InChI is InChI=1S/C20H18ClNO4/c1-3-25-17(23)11-13-7-4-5-10-16(13)22-20(24)18-12(2)14-8-6-9-15(21)19(14)26-18/h4-10H,3,11H2,1-2H3,(H,22,24). The molecular formula is C20H18ClNO4. The number of rotatable bonds is 5. The Morgan fingerprint density at radius 3 is 2.65 bits per heavy atom. The second-order valence-corrected chi connectivity index (χ2v) is 6.17. The van der Waals surface area contributed by atoms with Crippen molar-refractivity contribution in [3.05, 3.63) is 64.4 Å². The van der Waals surface area contributed by atoms with Gasteiger partial charge in [-0.25, -0.2) is 0 Å². The summed E-state index contributed by atoms with van der Waals surface area (Å²) in [6.07, 6.45) is 0.0786. The lowest BCUT2D eigenvalue weighted by Gasteiger charge is -2.10. The molecule has 0 spiro atoms. The predicted octanol–water partition coefficient (Wildman–Crippen LogP) is 4.75. The summed E-state index contributed by atoms with van der Waals surface area (Å²) < 4.78 is 10.7. The lowest BCUT2D eigenvalue weighted by Crippen LogP contribution is -2.15. The number of fused-ring (bicyclic) bond motifs is 1. The van der Waals surface area contributed by atoms with E-state index in [1.54, 1.807) is 37.3 Å². The smallest absolute Gasteiger partial charge is 0.310 e. The van der Waals surface area contributed by atoms with Crippen LogP contribution < -0.4 is 5.32 Å². The Kier molecular flexibility index (Phi) is 5.28. The average molecular weight is 372 g/mol. The molecule has 1 heterocycles. The summed E-state index contributed by atoms with van der Waals surface area (Å²) >= 11 is 6.14. The molecule has 1 aromatic heterocycles. The molecule has 0 radical (unpaired) electrons. The summed E-state index contributed by atoms with van der Waals surface area (Å²) in [6, 6.07) is 12.5. The van der Waals surface area contributed by atoms with Crippen LogP contribution in [0.3, 0.4) is 0 Å². The second kappa shape index (κ2) is 7.62. The molecule has 5 nitrogen and oxygen atoms in total. The summed E-state index contributed by atoms with van der Waals surface area (Å²) in [6.45, 7) is 3.87. The van der Waals surface area contributed by atoms with Crippen LogP contribution in [0, 0.1) is 6.92 Å². The molecule has 0 atom stereocenters. The quantitative estimate of drug-likeness (QED) is 0.657. The van der Waals surface area contributed by atoms with Gasteiger partial charge in [-0.2, -0.15) is 0 Å². The third kappa shape index (κ3) is 3.58. The molecule has 0 saturated carbocycles. The monoisotopic (exact) mass is 371 g/mol. The number of esters is 1. The molecule has 26 heavy (non-hydrogen) atoms. The van der Waals surface area contributed by atoms with E-state index in [4.69, 9.17) is 20.8 Å². The number of nitrogens with one attached hydrogen (secondary N) is 1. The van der Waals surface area contributed by atoms with Crippen molar-refractivity contribution in [2.45, 2.75) is 20.3 Å². The topological polar surface area (TPSA) is 68.5 Å². The summed E-state index contributed by atoms with van der Waals surface area (Å²) in [5.74, 6) is -0.550. The fourth-order valence-electron chi connectivity index (χ4n) is 2.77. The average Bonchev–Trinajstić information content (AvgIpc) is 2.95. The van der Waals surface area contributed by atoms with Gasteiger partial charge in [0.1, 0.15) is 0 Å². The van der Waals surface area contributed by atoms with Crippen molar-refractivity contribution in [2.75, 3.05) is 11.9 Å². The summed E-state index contributed by atoms with van der Waals surface area (Å²) in [7, 11) is 0. The van der Waals surface area contributed by atoms with E-state index in [2.05, 4.69) is 5.32 Å². The van der Waals surface area contributed by atoms with Crippen molar-refractivity contribution in [3.63, 3.8) is 0 Å².